The second-order valence-electron chi connectivity index (χ2n) is 2.57. The molecule has 44 valence electrons. The zero-order valence-electron chi connectivity index (χ0n) is 6.06. The first-order chi connectivity index (χ1) is 4.38. The van der Waals surface area contributed by atoms with E-state index in [9.17, 15) is 0 Å². The van der Waals surface area contributed by atoms with Crippen molar-refractivity contribution < 1.29 is 5.95 Å². The van der Waals surface area contributed by atoms with Crippen molar-refractivity contribution in [2.75, 3.05) is 13.1 Å². The van der Waals surface area contributed by atoms with Crippen LogP contribution in [-0.2, 0) is 0 Å². The minimum atomic E-state index is 0.160. The van der Waals surface area contributed by atoms with E-state index in [2.05, 4.69) is 4.58 Å². The molecule has 1 heteroatoms. The second kappa shape index (κ2) is 1.57. The molecular formula is C7H12N+. The number of rotatable bonds is 0. The average molecular weight is 111 g/mol. The smallest absolute Gasteiger partial charge is 0.152 e. The monoisotopic (exact) mass is 111 g/mol. The lowest BCUT2D eigenvalue weighted by Gasteiger charge is -1.85. The first kappa shape index (κ1) is 3.65. The third kappa shape index (κ3) is 0.504. The zero-order chi connectivity index (χ0) is 6.27. The van der Waals surface area contributed by atoms with E-state index in [1.54, 1.807) is 0 Å². The normalized spacial score (nSPS) is 38.0. The average Bonchev–Trinajstić information content (AvgIpc) is 2.35. The van der Waals surface area contributed by atoms with E-state index in [1.165, 1.54) is 25.1 Å². The van der Waals surface area contributed by atoms with Gasteiger partial charge in [-0.15, -0.1) is 0 Å². The summed E-state index contributed by atoms with van der Waals surface area (Å²) in [4.78, 5) is 0. The lowest BCUT2D eigenvalue weighted by molar-refractivity contribution is -0.512. The van der Waals surface area contributed by atoms with E-state index in [-0.39, 0.29) is 6.40 Å². The van der Waals surface area contributed by atoms with Crippen molar-refractivity contribution in [1.82, 2.24) is 0 Å². The molecule has 8 heavy (non-hydrogen) atoms. The fourth-order valence-corrected chi connectivity index (χ4v) is 1.63. The highest BCUT2D eigenvalue weighted by molar-refractivity contribution is 5.81. The Labute approximate surface area is 51.4 Å². The van der Waals surface area contributed by atoms with Gasteiger partial charge in [0, 0.05) is 27.0 Å². The molecule has 0 saturated heterocycles. The van der Waals surface area contributed by atoms with Crippen LogP contribution in [-0.4, -0.2) is 23.4 Å². The van der Waals surface area contributed by atoms with Crippen LogP contribution < -0.4 is 0 Å². The predicted molar refractivity (Wildman–Crippen MR) is 33.5 cm³/mol. The fourth-order valence-electron chi connectivity index (χ4n) is 1.63. The van der Waals surface area contributed by atoms with E-state index in [1.807, 2.05) is 0 Å². The Hall–Kier alpha value is -0.330. The van der Waals surface area contributed by atoms with Crippen LogP contribution in [0.3, 0.4) is 0 Å². The Morgan fingerprint density at radius 1 is 1.38 bits per heavy atom. The van der Waals surface area contributed by atoms with Crippen molar-refractivity contribution in [3.05, 3.63) is 0 Å². The van der Waals surface area contributed by atoms with Crippen LogP contribution in [0.5, 0.6) is 0 Å². The highest BCUT2D eigenvalue weighted by Crippen LogP contribution is 2.15. The summed E-state index contributed by atoms with van der Waals surface area (Å²) in [5.74, 6) is 0. The number of nitrogens with zero attached hydrogens (tertiary/aromatic N) is 1. The van der Waals surface area contributed by atoms with Gasteiger partial charge in [-0.2, -0.15) is 0 Å². The molecule has 0 aromatic carbocycles. The van der Waals surface area contributed by atoms with Crippen LogP contribution in [0.25, 0.3) is 0 Å². The molecule has 2 rings (SSSR count). The summed E-state index contributed by atoms with van der Waals surface area (Å²) in [7, 11) is 0. The van der Waals surface area contributed by atoms with Gasteiger partial charge in [0.05, 0.1) is 0 Å². The summed E-state index contributed by atoms with van der Waals surface area (Å²) in [6.07, 6.45) is 3.74. The van der Waals surface area contributed by atoms with Gasteiger partial charge in [-0.25, -0.2) is 4.58 Å². The maximum Gasteiger partial charge on any atom is 0.152 e. The molecule has 2 aliphatic heterocycles. The van der Waals surface area contributed by atoms with E-state index < -0.39 is 0 Å². The second-order valence-corrected chi connectivity index (χ2v) is 2.57. The first-order valence-electron chi connectivity index (χ1n) is 3.98. The van der Waals surface area contributed by atoms with Gasteiger partial charge in [-0.3, -0.25) is 0 Å². The Morgan fingerprint density at radius 2 is 2.25 bits per heavy atom. The van der Waals surface area contributed by atoms with Crippen LogP contribution in [0.2, 0.25) is 0 Å². The summed E-state index contributed by atoms with van der Waals surface area (Å²) < 4.78 is 9.97. The molecule has 0 N–H and O–H groups in total. The van der Waals surface area contributed by atoms with Crippen molar-refractivity contribution in [3.63, 3.8) is 0 Å². The Morgan fingerprint density at radius 3 is 3.12 bits per heavy atom. The van der Waals surface area contributed by atoms with Gasteiger partial charge in [0.1, 0.15) is 13.1 Å². The predicted octanol–water partition coefficient (Wildman–Crippen LogP) is 1.03. The van der Waals surface area contributed by atoms with Crippen molar-refractivity contribution in [2.45, 2.75) is 25.7 Å². The number of hydrogen-bond donors (Lipinski definition) is 0. The zero-order valence-corrected chi connectivity index (χ0v) is 5.06. The standard InChI is InChI=1S/C7H12N/c1-3-7-4-2-6-8(7)5-1/h1-6H2/q+1/i3D. The van der Waals surface area contributed by atoms with Crippen molar-refractivity contribution in [1.29, 1.82) is 0 Å². The maximum absolute atomic E-state index is 7.58. The number of hydrogen-bond acceptors (Lipinski definition) is 0. The summed E-state index contributed by atoms with van der Waals surface area (Å²) in [5.41, 5.74) is 1.41. The highest BCUT2D eigenvalue weighted by atomic mass is 15.0. The molecule has 0 aromatic rings. The third-order valence-electron chi connectivity index (χ3n) is 2.05. The maximum atomic E-state index is 7.58. The van der Waals surface area contributed by atoms with Crippen molar-refractivity contribution in [2.24, 2.45) is 0 Å². The van der Waals surface area contributed by atoms with Gasteiger partial charge in [-0.05, 0) is 0 Å². The Kier molecular flexibility index (Phi) is 0.718. The molecule has 0 saturated carbocycles. The molecule has 0 aliphatic carbocycles. The lowest BCUT2D eigenvalue weighted by atomic mass is 10.2. The molecule has 0 aromatic heterocycles. The highest BCUT2D eigenvalue weighted by Gasteiger charge is 2.26. The minimum absolute atomic E-state index is 0.160. The molecule has 1 unspecified atom stereocenters. The van der Waals surface area contributed by atoms with Gasteiger partial charge < -0.3 is 0 Å². The van der Waals surface area contributed by atoms with Crippen LogP contribution in [0.1, 0.15) is 27.0 Å². The molecule has 2 heterocycles. The van der Waals surface area contributed by atoms with Gasteiger partial charge in [0.15, 0.2) is 5.71 Å². The van der Waals surface area contributed by atoms with E-state index in [4.69, 9.17) is 1.37 Å². The van der Waals surface area contributed by atoms with Gasteiger partial charge in [0.2, 0.25) is 0 Å². The Balaban J connectivity index is 2.24. The fraction of sp³-hybridized carbons (Fsp3) is 0.857. The van der Waals surface area contributed by atoms with Gasteiger partial charge in [-0.1, -0.05) is 0 Å². The van der Waals surface area contributed by atoms with E-state index in [0.717, 1.165) is 13.0 Å². The van der Waals surface area contributed by atoms with Crippen LogP contribution >= 0.6 is 0 Å². The molecule has 0 fully saturated rings. The molecule has 0 radical (unpaired) electrons. The Bertz CT molecular complexity index is 162. The molecule has 1 nitrogen and oxygen atoms in total. The van der Waals surface area contributed by atoms with Gasteiger partial charge >= 0.3 is 0 Å². The summed E-state index contributed by atoms with van der Waals surface area (Å²) >= 11 is 0. The molecule has 0 spiro atoms. The minimum Gasteiger partial charge on any atom is -0.237 e. The van der Waals surface area contributed by atoms with Gasteiger partial charge in [0.25, 0.3) is 0 Å². The lowest BCUT2D eigenvalue weighted by Crippen LogP contribution is -2.06. The molecule has 1 atom stereocenters. The summed E-state index contributed by atoms with van der Waals surface area (Å²) in [5, 5.41) is 0. The van der Waals surface area contributed by atoms with Crippen molar-refractivity contribution in [3.8, 4) is 0 Å². The van der Waals surface area contributed by atoms with Crippen LogP contribution in [0.15, 0.2) is 0 Å². The van der Waals surface area contributed by atoms with Crippen LogP contribution in [0.4, 0.5) is 0 Å². The molecule has 2 aliphatic rings. The summed E-state index contributed by atoms with van der Waals surface area (Å²) in [6, 6.07) is 0. The SMILES string of the molecule is [2H]C1CC[N+]2=C1CCC2. The van der Waals surface area contributed by atoms with E-state index >= 15 is 0 Å². The largest absolute Gasteiger partial charge is 0.237 e. The third-order valence-corrected chi connectivity index (χ3v) is 2.05. The quantitative estimate of drug-likeness (QED) is 0.411. The topological polar surface area (TPSA) is 3.01 Å². The van der Waals surface area contributed by atoms with E-state index in [0.29, 0.717) is 0 Å². The summed E-state index contributed by atoms with van der Waals surface area (Å²) in [6.45, 7) is 2.38. The molecule has 0 bridgehead atoms. The molecular weight excluding hydrogens is 98.1 g/mol. The first-order valence-corrected chi connectivity index (χ1v) is 3.41. The van der Waals surface area contributed by atoms with Crippen LogP contribution in [0, 0.1) is 0 Å². The van der Waals surface area contributed by atoms with Crippen molar-refractivity contribution >= 4 is 5.71 Å². The molecule has 0 amide bonds.